The van der Waals surface area contributed by atoms with Crippen molar-refractivity contribution in [2.45, 2.75) is 45.0 Å². The van der Waals surface area contributed by atoms with Crippen LogP contribution in [0.5, 0.6) is 0 Å². The van der Waals surface area contributed by atoms with E-state index in [4.69, 9.17) is 4.74 Å². The predicted octanol–water partition coefficient (Wildman–Crippen LogP) is 3.88. The van der Waals surface area contributed by atoms with Crippen LogP contribution in [0, 0.1) is 0 Å². The van der Waals surface area contributed by atoms with E-state index in [9.17, 15) is 14.4 Å². The summed E-state index contributed by atoms with van der Waals surface area (Å²) >= 11 is 4.26. The van der Waals surface area contributed by atoms with Crippen LogP contribution in [0.3, 0.4) is 0 Å². The number of benzene rings is 2. The molecule has 182 valence electrons. The summed E-state index contributed by atoms with van der Waals surface area (Å²) in [5, 5.41) is 5.49. The molecule has 0 radical (unpaired) electrons. The van der Waals surface area contributed by atoms with Gasteiger partial charge in [-0.15, -0.1) is 6.58 Å². The maximum atomic E-state index is 13.5. The second-order valence-electron chi connectivity index (χ2n) is 8.68. The molecule has 2 N–H and O–H groups in total. The number of thiol groups is 1. The summed E-state index contributed by atoms with van der Waals surface area (Å²) in [6.45, 7) is 9.35. The van der Waals surface area contributed by atoms with E-state index in [2.05, 4.69) is 29.8 Å². The molecule has 0 aromatic heterocycles. The highest BCUT2D eigenvalue weighted by Crippen LogP contribution is 2.23. The average Bonchev–Trinajstić information content (AvgIpc) is 2.80. The van der Waals surface area contributed by atoms with Crippen LogP contribution in [-0.2, 0) is 20.9 Å². The molecule has 2 unspecified atom stereocenters. The number of hydrogen-bond donors (Lipinski definition) is 3. The molecule has 0 aliphatic rings. The number of nitrogens with one attached hydrogen (secondary N) is 2. The minimum absolute atomic E-state index is 0.0266. The van der Waals surface area contributed by atoms with Gasteiger partial charge in [-0.05, 0) is 31.9 Å². The Morgan fingerprint density at radius 3 is 2.18 bits per heavy atom. The van der Waals surface area contributed by atoms with Crippen molar-refractivity contribution in [2.75, 3.05) is 12.3 Å². The number of nitrogens with zero attached hydrogens (tertiary/aromatic N) is 1. The Morgan fingerprint density at radius 2 is 1.65 bits per heavy atom. The van der Waals surface area contributed by atoms with E-state index < -0.39 is 29.7 Å². The predicted molar refractivity (Wildman–Crippen MR) is 136 cm³/mol. The first kappa shape index (κ1) is 27.0. The van der Waals surface area contributed by atoms with Crippen LogP contribution >= 0.6 is 12.6 Å². The highest BCUT2D eigenvalue weighted by molar-refractivity contribution is 7.80. The highest BCUT2D eigenvalue weighted by Gasteiger charge is 2.35. The lowest BCUT2D eigenvalue weighted by atomic mass is 10.0. The Morgan fingerprint density at radius 1 is 1.06 bits per heavy atom. The molecule has 2 rings (SSSR count). The van der Waals surface area contributed by atoms with Crippen molar-refractivity contribution in [2.24, 2.45) is 0 Å². The van der Waals surface area contributed by atoms with Gasteiger partial charge in [0.2, 0.25) is 11.8 Å². The van der Waals surface area contributed by atoms with Crippen molar-refractivity contribution in [3.63, 3.8) is 0 Å². The Bertz CT molecular complexity index is 961. The zero-order valence-corrected chi connectivity index (χ0v) is 20.8. The topological polar surface area (TPSA) is 87.7 Å². The highest BCUT2D eigenvalue weighted by atomic mass is 32.1. The summed E-state index contributed by atoms with van der Waals surface area (Å²) in [6.07, 6.45) is 0.810. The summed E-state index contributed by atoms with van der Waals surface area (Å²) in [5.41, 5.74) is 0.849. The van der Waals surface area contributed by atoms with Gasteiger partial charge in [-0.25, -0.2) is 4.79 Å². The van der Waals surface area contributed by atoms with Gasteiger partial charge in [0.15, 0.2) is 0 Å². The molecule has 3 amide bonds. The molecule has 0 heterocycles. The molecule has 0 fully saturated rings. The molecule has 0 aliphatic heterocycles. The molecule has 0 aliphatic carbocycles. The lowest BCUT2D eigenvalue weighted by Gasteiger charge is -2.33. The Hall–Kier alpha value is -3.26. The fraction of sp³-hybridized carbons (Fsp3) is 0.346. The third-order valence-electron chi connectivity index (χ3n) is 4.77. The van der Waals surface area contributed by atoms with Crippen molar-refractivity contribution >= 4 is 30.5 Å². The van der Waals surface area contributed by atoms with E-state index in [-0.39, 0.29) is 18.2 Å². The van der Waals surface area contributed by atoms with Crippen molar-refractivity contribution in [1.82, 2.24) is 15.5 Å². The number of alkyl carbamates (subject to hydrolysis) is 1. The first-order valence-electron chi connectivity index (χ1n) is 11.0. The van der Waals surface area contributed by atoms with Crippen LogP contribution in [0.1, 0.15) is 37.9 Å². The monoisotopic (exact) mass is 483 g/mol. The Labute approximate surface area is 207 Å². The lowest BCUT2D eigenvalue weighted by molar-refractivity contribution is -0.141. The Balaban J connectivity index is 2.31. The van der Waals surface area contributed by atoms with Gasteiger partial charge in [0.05, 0.1) is 0 Å². The molecular formula is C26H33N3O4S. The summed E-state index contributed by atoms with van der Waals surface area (Å²) in [5.74, 6) is -0.788. The van der Waals surface area contributed by atoms with Gasteiger partial charge >= 0.3 is 6.09 Å². The van der Waals surface area contributed by atoms with Gasteiger partial charge in [-0.3, -0.25) is 9.59 Å². The quantitative estimate of drug-likeness (QED) is 0.354. The van der Waals surface area contributed by atoms with Crippen molar-refractivity contribution < 1.29 is 19.1 Å². The maximum absolute atomic E-state index is 13.5. The van der Waals surface area contributed by atoms with E-state index >= 15 is 0 Å². The number of carbonyl (C=O) groups excluding carboxylic acids is 3. The van der Waals surface area contributed by atoms with E-state index in [1.807, 2.05) is 36.4 Å². The number of hydrogen-bond acceptors (Lipinski definition) is 5. The van der Waals surface area contributed by atoms with Crippen LogP contribution in [0.2, 0.25) is 0 Å². The number of rotatable bonds is 10. The van der Waals surface area contributed by atoms with Crippen molar-refractivity contribution in [3.05, 3.63) is 84.4 Å². The summed E-state index contributed by atoms with van der Waals surface area (Å²) < 4.78 is 5.29. The molecule has 8 heteroatoms. The van der Waals surface area contributed by atoms with Crippen LogP contribution in [0.15, 0.2) is 73.3 Å². The fourth-order valence-corrected chi connectivity index (χ4v) is 3.53. The van der Waals surface area contributed by atoms with Crippen LogP contribution in [-0.4, -0.2) is 46.7 Å². The molecule has 2 aromatic rings. The Kier molecular flexibility index (Phi) is 10.2. The molecular weight excluding hydrogens is 450 g/mol. The molecule has 7 nitrogen and oxygen atoms in total. The normalized spacial score (nSPS) is 12.7. The van der Waals surface area contributed by atoms with Gasteiger partial charge in [0.1, 0.15) is 17.7 Å². The van der Waals surface area contributed by atoms with Gasteiger partial charge in [0.25, 0.3) is 0 Å². The molecule has 2 atom stereocenters. The van der Waals surface area contributed by atoms with Gasteiger partial charge in [0, 0.05) is 18.8 Å². The van der Waals surface area contributed by atoms with Gasteiger partial charge in [-0.2, -0.15) is 12.6 Å². The van der Waals surface area contributed by atoms with Crippen LogP contribution < -0.4 is 10.6 Å². The number of amides is 3. The summed E-state index contributed by atoms with van der Waals surface area (Å²) in [7, 11) is 0. The smallest absolute Gasteiger partial charge is 0.408 e. The fourth-order valence-electron chi connectivity index (χ4n) is 3.29. The number of ether oxygens (including phenoxy) is 1. The zero-order chi connectivity index (χ0) is 25.1. The third-order valence-corrected chi connectivity index (χ3v) is 5.13. The van der Waals surface area contributed by atoms with Crippen LogP contribution in [0.4, 0.5) is 4.79 Å². The first-order chi connectivity index (χ1) is 16.2. The molecule has 34 heavy (non-hydrogen) atoms. The second-order valence-corrected chi connectivity index (χ2v) is 9.04. The molecule has 0 spiro atoms. The van der Waals surface area contributed by atoms with Gasteiger partial charge in [-0.1, -0.05) is 66.7 Å². The summed E-state index contributed by atoms with van der Waals surface area (Å²) in [4.78, 5) is 40.6. The average molecular weight is 484 g/mol. The van der Waals surface area contributed by atoms with Crippen molar-refractivity contribution in [1.29, 1.82) is 0 Å². The lowest BCUT2D eigenvalue weighted by Crippen LogP contribution is -2.53. The number of carbonyl (C=O) groups is 3. The van der Waals surface area contributed by atoms with E-state index in [1.165, 1.54) is 4.90 Å². The van der Waals surface area contributed by atoms with E-state index in [1.54, 1.807) is 51.1 Å². The van der Waals surface area contributed by atoms with E-state index in [0.717, 1.165) is 5.56 Å². The van der Waals surface area contributed by atoms with Crippen molar-refractivity contribution in [3.8, 4) is 0 Å². The molecule has 0 saturated heterocycles. The second kappa shape index (κ2) is 12.8. The zero-order valence-electron chi connectivity index (χ0n) is 19.9. The molecule has 2 aromatic carbocycles. The summed E-state index contributed by atoms with van der Waals surface area (Å²) in [6, 6.07) is 16.6. The molecule has 0 bridgehead atoms. The van der Waals surface area contributed by atoms with E-state index in [0.29, 0.717) is 12.1 Å². The minimum Gasteiger partial charge on any atom is -0.444 e. The van der Waals surface area contributed by atoms with Gasteiger partial charge < -0.3 is 20.3 Å². The standard InChI is InChI=1S/C26H33N3O4S/c1-5-16-29(24(31)21(18-34)28-25(32)33-26(2,3)4)22(20-14-10-7-11-15-20)23(30)27-17-19-12-8-6-9-13-19/h5-15,21-22,34H,1,16-18H2,2-4H3,(H,27,30)(H,28,32). The SMILES string of the molecule is C=CCN(C(=O)C(CS)NC(=O)OC(C)(C)C)C(C(=O)NCc1ccccc1)c1ccccc1. The molecule has 0 saturated carbocycles. The van der Waals surface area contributed by atoms with Crippen LogP contribution in [0.25, 0.3) is 0 Å². The third kappa shape index (κ3) is 8.26. The largest absolute Gasteiger partial charge is 0.444 e. The first-order valence-corrected chi connectivity index (χ1v) is 11.7. The maximum Gasteiger partial charge on any atom is 0.408 e. The minimum atomic E-state index is -0.994.